The smallest absolute Gasteiger partial charge is 0.123 e. The number of hydrogen-bond donors (Lipinski definition) is 0. The van der Waals surface area contributed by atoms with Crippen LogP contribution >= 0.6 is 27.3 Å². The van der Waals surface area contributed by atoms with Gasteiger partial charge in [-0.05, 0) is 35.2 Å². The van der Waals surface area contributed by atoms with Gasteiger partial charge in [0.1, 0.15) is 5.82 Å². The molecule has 3 aromatic rings. The molecule has 0 bridgehead atoms. The Kier molecular flexibility index (Phi) is 2.73. The highest BCUT2D eigenvalue weighted by atomic mass is 79.9. The minimum atomic E-state index is -0.198. The number of rotatable bonds is 1. The minimum absolute atomic E-state index is 0.198. The molecule has 0 unspecified atom stereocenters. The highest BCUT2D eigenvalue weighted by Gasteiger charge is 2.06. The van der Waals surface area contributed by atoms with Crippen LogP contribution in [0.15, 0.2) is 52.3 Å². The zero-order chi connectivity index (χ0) is 11.8. The summed E-state index contributed by atoms with van der Waals surface area (Å²) in [5.74, 6) is -0.198. The normalized spacial score (nSPS) is 10.9. The third-order valence-electron chi connectivity index (χ3n) is 2.69. The maximum atomic E-state index is 12.9. The van der Waals surface area contributed by atoms with Gasteiger partial charge in [-0.2, -0.15) is 0 Å². The second-order valence-electron chi connectivity index (χ2n) is 3.80. The fourth-order valence-electron chi connectivity index (χ4n) is 1.86. The third-order valence-corrected chi connectivity index (χ3v) is 4.13. The number of fused-ring (bicyclic) bond motifs is 1. The maximum absolute atomic E-state index is 12.9. The van der Waals surface area contributed by atoms with Crippen LogP contribution in [0.1, 0.15) is 0 Å². The van der Waals surface area contributed by atoms with Gasteiger partial charge < -0.3 is 0 Å². The average Bonchev–Trinajstić information content (AvgIpc) is 2.73. The first-order valence-corrected chi connectivity index (χ1v) is 6.84. The van der Waals surface area contributed by atoms with Crippen molar-refractivity contribution in [2.24, 2.45) is 0 Å². The molecule has 0 aliphatic heterocycles. The van der Waals surface area contributed by atoms with Crippen LogP contribution in [0.5, 0.6) is 0 Å². The summed E-state index contributed by atoms with van der Waals surface area (Å²) in [5.41, 5.74) is 2.22. The van der Waals surface area contributed by atoms with E-state index in [-0.39, 0.29) is 5.82 Å². The van der Waals surface area contributed by atoms with E-state index in [0.717, 1.165) is 15.6 Å². The van der Waals surface area contributed by atoms with Crippen LogP contribution in [-0.4, -0.2) is 0 Å². The zero-order valence-corrected chi connectivity index (χ0v) is 11.2. The quantitative estimate of drug-likeness (QED) is 0.559. The average molecular weight is 307 g/mol. The summed E-state index contributed by atoms with van der Waals surface area (Å²) >= 11 is 5.17. The van der Waals surface area contributed by atoms with Gasteiger partial charge in [-0.25, -0.2) is 4.39 Å². The number of benzene rings is 2. The van der Waals surface area contributed by atoms with Crippen LogP contribution in [0.3, 0.4) is 0 Å². The predicted molar refractivity (Wildman–Crippen MR) is 74.9 cm³/mol. The van der Waals surface area contributed by atoms with Gasteiger partial charge in [0.15, 0.2) is 0 Å². The Bertz CT molecular complexity index is 670. The van der Waals surface area contributed by atoms with Crippen molar-refractivity contribution in [3.63, 3.8) is 0 Å². The molecule has 1 aromatic heterocycles. The van der Waals surface area contributed by atoms with Crippen molar-refractivity contribution in [3.05, 3.63) is 58.1 Å². The van der Waals surface area contributed by atoms with Crippen molar-refractivity contribution in [3.8, 4) is 11.1 Å². The molecule has 0 radical (unpaired) electrons. The van der Waals surface area contributed by atoms with Gasteiger partial charge in [0.2, 0.25) is 0 Å². The summed E-state index contributed by atoms with van der Waals surface area (Å²) in [7, 11) is 0. The molecule has 0 N–H and O–H groups in total. The Labute approximate surface area is 111 Å². The van der Waals surface area contributed by atoms with E-state index in [1.807, 2.05) is 18.2 Å². The highest BCUT2D eigenvalue weighted by molar-refractivity contribution is 9.10. The Morgan fingerprint density at radius 1 is 1.00 bits per heavy atom. The minimum Gasteiger partial charge on any atom is -0.207 e. The van der Waals surface area contributed by atoms with Crippen molar-refractivity contribution in [1.29, 1.82) is 0 Å². The van der Waals surface area contributed by atoms with Gasteiger partial charge >= 0.3 is 0 Å². The Morgan fingerprint density at radius 3 is 2.53 bits per heavy atom. The first-order chi connectivity index (χ1) is 8.24. The van der Waals surface area contributed by atoms with Gasteiger partial charge in [-0.15, -0.1) is 11.3 Å². The van der Waals surface area contributed by atoms with Crippen molar-refractivity contribution in [1.82, 2.24) is 0 Å². The summed E-state index contributed by atoms with van der Waals surface area (Å²) in [5, 5.41) is 3.33. The third kappa shape index (κ3) is 2.01. The molecule has 0 nitrogen and oxygen atoms in total. The lowest BCUT2D eigenvalue weighted by molar-refractivity contribution is 0.628. The number of halogens is 2. The van der Waals surface area contributed by atoms with Crippen LogP contribution in [0.2, 0.25) is 0 Å². The Hall–Kier alpha value is -1.19. The fraction of sp³-hybridized carbons (Fsp3) is 0. The van der Waals surface area contributed by atoms with E-state index in [4.69, 9.17) is 0 Å². The topological polar surface area (TPSA) is 0 Å². The van der Waals surface area contributed by atoms with Crippen molar-refractivity contribution < 1.29 is 4.39 Å². The first-order valence-electron chi connectivity index (χ1n) is 5.17. The molecule has 0 atom stereocenters. The summed E-state index contributed by atoms with van der Waals surface area (Å²) in [4.78, 5) is 0. The standard InChI is InChI=1S/C14H8BrFS/c15-10-3-6-12-13(8-17-14(12)7-10)9-1-4-11(16)5-2-9/h1-8H. The van der Waals surface area contributed by atoms with Gasteiger partial charge in [0.05, 0.1) is 0 Å². The van der Waals surface area contributed by atoms with E-state index in [9.17, 15) is 4.39 Å². The van der Waals surface area contributed by atoms with E-state index in [2.05, 4.69) is 33.4 Å². The Morgan fingerprint density at radius 2 is 1.76 bits per heavy atom. The van der Waals surface area contributed by atoms with Crippen molar-refractivity contribution >= 4 is 37.4 Å². The molecule has 0 saturated heterocycles. The highest BCUT2D eigenvalue weighted by Crippen LogP contribution is 2.35. The molecule has 3 rings (SSSR count). The molecule has 0 fully saturated rings. The lowest BCUT2D eigenvalue weighted by Gasteiger charge is -2.00. The molecule has 3 heteroatoms. The van der Waals surface area contributed by atoms with Gasteiger partial charge in [-0.3, -0.25) is 0 Å². The first kappa shape index (κ1) is 10.9. The van der Waals surface area contributed by atoms with E-state index in [1.165, 1.54) is 22.2 Å². The monoisotopic (exact) mass is 306 g/mol. The molecular weight excluding hydrogens is 299 g/mol. The van der Waals surface area contributed by atoms with Gasteiger partial charge in [0.25, 0.3) is 0 Å². The summed E-state index contributed by atoms with van der Waals surface area (Å²) in [6.45, 7) is 0. The molecule has 0 spiro atoms. The number of thiophene rings is 1. The van der Waals surface area contributed by atoms with E-state index >= 15 is 0 Å². The maximum Gasteiger partial charge on any atom is 0.123 e. The molecule has 0 amide bonds. The Balaban J connectivity index is 2.21. The molecule has 0 aliphatic carbocycles. The largest absolute Gasteiger partial charge is 0.207 e. The molecule has 84 valence electrons. The van der Waals surface area contributed by atoms with Crippen LogP contribution in [0, 0.1) is 5.82 Å². The van der Waals surface area contributed by atoms with E-state index < -0.39 is 0 Å². The lowest BCUT2D eigenvalue weighted by Crippen LogP contribution is -1.77. The predicted octanol–water partition coefficient (Wildman–Crippen LogP) is 5.47. The molecule has 17 heavy (non-hydrogen) atoms. The van der Waals surface area contributed by atoms with Crippen molar-refractivity contribution in [2.75, 3.05) is 0 Å². The van der Waals surface area contributed by atoms with Gasteiger partial charge in [0, 0.05) is 20.1 Å². The van der Waals surface area contributed by atoms with Crippen LogP contribution < -0.4 is 0 Å². The van der Waals surface area contributed by atoms with Crippen LogP contribution in [0.4, 0.5) is 4.39 Å². The van der Waals surface area contributed by atoms with E-state index in [0.29, 0.717) is 0 Å². The molecule has 0 saturated carbocycles. The second kappa shape index (κ2) is 4.24. The van der Waals surface area contributed by atoms with Crippen molar-refractivity contribution in [2.45, 2.75) is 0 Å². The lowest BCUT2D eigenvalue weighted by atomic mass is 10.1. The second-order valence-corrected chi connectivity index (χ2v) is 5.62. The summed E-state index contributed by atoms with van der Waals surface area (Å²) < 4.78 is 15.2. The summed E-state index contributed by atoms with van der Waals surface area (Å²) in [6.07, 6.45) is 0. The molecule has 1 heterocycles. The molecular formula is C14H8BrFS. The molecule has 2 aromatic carbocycles. The molecule has 0 aliphatic rings. The zero-order valence-electron chi connectivity index (χ0n) is 8.78. The number of hydrogen-bond acceptors (Lipinski definition) is 1. The van der Waals surface area contributed by atoms with Crippen LogP contribution in [0.25, 0.3) is 21.2 Å². The fourth-order valence-corrected chi connectivity index (χ4v) is 3.38. The summed E-state index contributed by atoms with van der Waals surface area (Å²) in [6, 6.07) is 12.9. The van der Waals surface area contributed by atoms with E-state index in [1.54, 1.807) is 11.3 Å². The van der Waals surface area contributed by atoms with Gasteiger partial charge in [-0.1, -0.05) is 34.1 Å². The SMILES string of the molecule is Fc1ccc(-c2csc3cc(Br)ccc23)cc1. The van der Waals surface area contributed by atoms with Crippen LogP contribution in [-0.2, 0) is 0 Å².